The molecule has 192 valence electrons. The number of rotatable bonds is 4. The van der Waals surface area contributed by atoms with Gasteiger partial charge < -0.3 is 4.42 Å². The van der Waals surface area contributed by atoms with Crippen molar-refractivity contribution in [2.75, 3.05) is 0 Å². The predicted octanol–water partition coefficient (Wildman–Crippen LogP) is 10.8. The molecule has 0 fully saturated rings. The highest BCUT2D eigenvalue weighted by molar-refractivity contribution is 6.09. The van der Waals surface area contributed by atoms with E-state index in [1.807, 2.05) is 24.4 Å². The number of furan rings is 1. The lowest BCUT2D eigenvalue weighted by Crippen LogP contribution is -1.86. The monoisotopic (exact) mass is 523 g/mol. The zero-order chi connectivity index (χ0) is 27.2. The molecule has 0 bridgehead atoms. The van der Waals surface area contributed by atoms with Gasteiger partial charge in [-0.3, -0.25) is 4.98 Å². The molecular weight excluding hydrogens is 498 g/mol. The fourth-order valence-corrected chi connectivity index (χ4v) is 5.76. The Kier molecular flexibility index (Phi) is 5.49. The van der Waals surface area contributed by atoms with E-state index in [0.717, 1.165) is 55.1 Å². The number of aromatic nitrogens is 1. The molecule has 0 aliphatic rings. The highest BCUT2D eigenvalue weighted by Gasteiger charge is 2.12. The van der Waals surface area contributed by atoms with Crippen LogP contribution in [0.15, 0.2) is 156 Å². The molecule has 0 saturated carbocycles. The number of nitrogens with zero attached hydrogens (tertiary/aromatic N) is 1. The lowest BCUT2D eigenvalue weighted by molar-refractivity contribution is 0.670. The van der Waals surface area contributed by atoms with Crippen molar-refractivity contribution in [1.29, 1.82) is 0 Å². The molecule has 0 radical (unpaired) electrons. The van der Waals surface area contributed by atoms with E-state index in [9.17, 15) is 0 Å². The summed E-state index contributed by atoms with van der Waals surface area (Å²) in [4.78, 5) is 4.84. The van der Waals surface area contributed by atoms with Gasteiger partial charge in [-0.1, -0.05) is 127 Å². The minimum atomic E-state index is 0.918. The van der Waals surface area contributed by atoms with Crippen molar-refractivity contribution in [2.24, 2.45) is 0 Å². The number of para-hydroxylation sites is 2. The number of hydrogen-bond acceptors (Lipinski definition) is 2. The lowest BCUT2D eigenvalue weighted by atomic mass is 9.97. The summed E-state index contributed by atoms with van der Waals surface area (Å²) < 4.78 is 6.26. The average molecular weight is 524 g/mol. The SMILES string of the molecule is c1ccc(-c2ccc(-c3ccc4cc(-c5ccc(-c6cccc7c6oc6ccccc67)cc5)cnc4c3)cc2)cc1. The minimum Gasteiger partial charge on any atom is -0.455 e. The van der Waals surface area contributed by atoms with Crippen molar-refractivity contribution in [3.63, 3.8) is 0 Å². The van der Waals surface area contributed by atoms with Crippen LogP contribution < -0.4 is 0 Å². The summed E-state index contributed by atoms with van der Waals surface area (Å²) in [5.41, 5.74) is 12.1. The zero-order valence-electron chi connectivity index (χ0n) is 22.3. The molecule has 0 atom stereocenters. The molecule has 2 aromatic heterocycles. The van der Waals surface area contributed by atoms with E-state index in [4.69, 9.17) is 9.40 Å². The number of hydrogen-bond donors (Lipinski definition) is 0. The highest BCUT2D eigenvalue weighted by Crippen LogP contribution is 2.36. The first-order valence-corrected chi connectivity index (χ1v) is 13.9. The minimum absolute atomic E-state index is 0.918. The number of pyridine rings is 1. The molecule has 6 aromatic carbocycles. The van der Waals surface area contributed by atoms with Gasteiger partial charge in [0.2, 0.25) is 0 Å². The molecule has 0 saturated heterocycles. The summed E-state index contributed by atoms with van der Waals surface area (Å²) in [6.45, 7) is 0. The topological polar surface area (TPSA) is 26.0 Å². The zero-order valence-corrected chi connectivity index (χ0v) is 22.3. The maximum Gasteiger partial charge on any atom is 0.143 e. The molecule has 0 unspecified atom stereocenters. The Morgan fingerprint density at radius 1 is 0.415 bits per heavy atom. The summed E-state index contributed by atoms with van der Waals surface area (Å²) in [5, 5.41) is 3.42. The van der Waals surface area contributed by atoms with Crippen LogP contribution >= 0.6 is 0 Å². The quantitative estimate of drug-likeness (QED) is 0.229. The Morgan fingerprint density at radius 2 is 1.02 bits per heavy atom. The van der Waals surface area contributed by atoms with E-state index < -0.39 is 0 Å². The molecule has 2 nitrogen and oxygen atoms in total. The lowest BCUT2D eigenvalue weighted by Gasteiger charge is -2.09. The fourth-order valence-electron chi connectivity index (χ4n) is 5.76. The third kappa shape index (κ3) is 4.18. The molecule has 0 aliphatic carbocycles. The van der Waals surface area contributed by atoms with Crippen LogP contribution in [0.1, 0.15) is 0 Å². The van der Waals surface area contributed by atoms with Crippen LogP contribution in [0.5, 0.6) is 0 Å². The van der Waals surface area contributed by atoms with Gasteiger partial charge in [-0.2, -0.15) is 0 Å². The first-order chi connectivity index (χ1) is 20.3. The first-order valence-electron chi connectivity index (χ1n) is 13.9. The van der Waals surface area contributed by atoms with Crippen molar-refractivity contribution >= 4 is 32.8 Å². The van der Waals surface area contributed by atoms with Gasteiger partial charge in [-0.05, 0) is 51.6 Å². The van der Waals surface area contributed by atoms with Gasteiger partial charge in [0.1, 0.15) is 11.2 Å². The average Bonchev–Trinajstić information content (AvgIpc) is 3.44. The third-order valence-corrected chi connectivity index (χ3v) is 7.94. The van der Waals surface area contributed by atoms with E-state index in [-0.39, 0.29) is 0 Å². The van der Waals surface area contributed by atoms with Crippen LogP contribution in [0.3, 0.4) is 0 Å². The van der Waals surface area contributed by atoms with Crippen LogP contribution in [0.2, 0.25) is 0 Å². The van der Waals surface area contributed by atoms with E-state index in [0.29, 0.717) is 0 Å². The summed E-state index contributed by atoms with van der Waals surface area (Å²) >= 11 is 0. The second-order valence-electron chi connectivity index (χ2n) is 10.4. The Bertz CT molecular complexity index is 2170. The van der Waals surface area contributed by atoms with Crippen molar-refractivity contribution in [2.45, 2.75) is 0 Å². The van der Waals surface area contributed by atoms with Gasteiger partial charge in [0.15, 0.2) is 0 Å². The Labute approximate surface area is 238 Å². The summed E-state index contributed by atoms with van der Waals surface area (Å²) in [7, 11) is 0. The van der Waals surface area contributed by atoms with Gasteiger partial charge in [-0.15, -0.1) is 0 Å². The van der Waals surface area contributed by atoms with E-state index in [1.54, 1.807) is 0 Å². The molecule has 8 rings (SSSR count). The van der Waals surface area contributed by atoms with Crippen LogP contribution in [-0.2, 0) is 0 Å². The van der Waals surface area contributed by atoms with E-state index in [1.165, 1.54) is 22.3 Å². The summed E-state index contributed by atoms with van der Waals surface area (Å²) in [6, 6.07) is 51.2. The second kappa shape index (κ2) is 9.62. The molecule has 2 heterocycles. The summed E-state index contributed by atoms with van der Waals surface area (Å²) in [6.07, 6.45) is 1.97. The van der Waals surface area contributed by atoms with Crippen molar-refractivity contribution in [1.82, 2.24) is 4.98 Å². The van der Waals surface area contributed by atoms with Crippen molar-refractivity contribution in [3.05, 3.63) is 152 Å². The van der Waals surface area contributed by atoms with Crippen molar-refractivity contribution < 1.29 is 4.42 Å². The molecule has 8 aromatic rings. The van der Waals surface area contributed by atoms with E-state index >= 15 is 0 Å². The Balaban J connectivity index is 1.08. The van der Waals surface area contributed by atoms with Gasteiger partial charge in [-0.25, -0.2) is 0 Å². The maximum absolute atomic E-state index is 6.26. The van der Waals surface area contributed by atoms with Crippen LogP contribution in [0.4, 0.5) is 0 Å². The Hall–Kier alpha value is -5.47. The van der Waals surface area contributed by atoms with Crippen LogP contribution in [0.25, 0.3) is 77.3 Å². The second-order valence-corrected chi connectivity index (χ2v) is 10.4. The molecule has 0 aliphatic heterocycles. The highest BCUT2D eigenvalue weighted by atomic mass is 16.3. The number of benzene rings is 6. The third-order valence-electron chi connectivity index (χ3n) is 7.94. The molecule has 0 N–H and O–H groups in total. The van der Waals surface area contributed by atoms with Crippen LogP contribution in [0, 0.1) is 0 Å². The Morgan fingerprint density at radius 3 is 1.83 bits per heavy atom. The molecule has 41 heavy (non-hydrogen) atoms. The number of fused-ring (bicyclic) bond motifs is 4. The largest absolute Gasteiger partial charge is 0.455 e. The summed E-state index contributed by atoms with van der Waals surface area (Å²) in [5.74, 6) is 0. The fraction of sp³-hybridized carbons (Fsp3) is 0. The normalized spacial score (nSPS) is 11.4. The maximum atomic E-state index is 6.26. The molecular formula is C39H25NO. The first kappa shape index (κ1) is 23.4. The van der Waals surface area contributed by atoms with Gasteiger partial charge >= 0.3 is 0 Å². The molecule has 2 heteroatoms. The van der Waals surface area contributed by atoms with Gasteiger partial charge in [0, 0.05) is 33.5 Å². The molecule has 0 amide bonds. The van der Waals surface area contributed by atoms with Crippen molar-refractivity contribution in [3.8, 4) is 44.5 Å². The van der Waals surface area contributed by atoms with Gasteiger partial charge in [0.25, 0.3) is 0 Å². The predicted molar refractivity (Wildman–Crippen MR) is 171 cm³/mol. The van der Waals surface area contributed by atoms with Crippen LogP contribution in [-0.4, -0.2) is 4.98 Å². The smallest absolute Gasteiger partial charge is 0.143 e. The molecule has 0 spiro atoms. The standard InChI is InChI=1S/C39H25NO/c1-2-7-26(8-3-1)27-13-15-28(16-14-27)31-21-22-32-23-33(25-40-37(32)24-31)29-17-19-30(20-18-29)34-10-6-11-36-35-9-4-5-12-38(35)41-39(34)36/h1-25H. The van der Waals surface area contributed by atoms with Gasteiger partial charge in [0.05, 0.1) is 5.52 Å². The van der Waals surface area contributed by atoms with E-state index in [2.05, 4.69) is 127 Å².